The van der Waals surface area contributed by atoms with E-state index in [2.05, 4.69) is 4.98 Å². The molecule has 0 fully saturated rings. The Morgan fingerprint density at radius 3 is 2.50 bits per heavy atom. The number of aryl methyl sites for hydroxylation is 2. The highest BCUT2D eigenvalue weighted by atomic mass is 35.5. The second kappa shape index (κ2) is 4.78. The van der Waals surface area contributed by atoms with Gasteiger partial charge >= 0.3 is 5.97 Å². The highest BCUT2D eigenvalue weighted by Gasteiger charge is 2.09. The van der Waals surface area contributed by atoms with E-state index < -0.39 is 5.97 Å². The Labute approximate surface area is 110 Å². The molecular formula is C14H12ClNO2. The molecule has 2 aromatic rings. The van der Waals surface area contributed by atoms with Crippen LogP contribution in [0.2, 0.25) is 5.02 Å². The number of rotatable bonds is 2. The number of nitrogens with zero attached hydrogens (tertiary/aromatic N) is 1. The Hall–Kier alpha value is -1.87. The number of pyridine rings is 1. The Kier molecular flexibility index (Phi) is 3.34. The minimum atomic E-state index is -0.996. The lowest BCUT2D eigenvalue weighted by molar-refractivity contribution is 0.0696. The van der Waals surface area contributed by atoms with Gasteiger partial charge in [-0.25, -0.2) is 4.79 Å². The molecule has 1 N–H and O–H groups in total. The van der Waals surface area contributed by atoms with E-state index in [1.165, 1.54) is 6.20 Å². The number of hydrogen-bond acceptors (Lipinski definition) is 2. The number of halogens is 1. The summed E-state index contributed by atoms with van der Waals surface area (Å²) in [6.07, 6.45) is 2.93. The molecule has 0 bridgehead atoms. The summed E-state index contributed by atoms with van der Waals surface area (Å²) in [5, 5.41) is 9.55. The molecule has 4 heteroatoms. The number of aromatic nitrogens is 1. The fourth-order valence-electron chi connectivity index (χ4n) is 1.71. The van der Waals surface area contributed by atoms with Crippen molar-refractivity contribution in [3.8, 4) is 11.1 Å². The summed E-state index contributed by atoms with van der Waals surface area (Å²) in [6.45, 7) is 3.97. The van der Waals surface area contributed by atoms with Crippen LogP contribution in [0.5, 0.6) is 0 Å². The average molecular weight is 262 g/mol. The fraction of sp³-hybridized carbons (Fsp3) is 0.143. The van der Waals surface area contributed by atoms with Crippen molar-refractivity contribution in [2.24, 2.45) is 0 Å². The van der Waals surface area contributed by atoms with Crippen LogP contribution in [0.3, 0.4) is 0 Å². The topological polar surface area (TPSA) is 50.2 Å². The molecule has 0 unspecified atom stereocenters. The third-order valence-electron chi connectivity index (χ3n) is 2.88. The summed E-state index contributed by atoms with van der Waals surface area (Å²) in [5.41, 5.74) is 3.88. The summed E-state index contributed by atoms with van der Waals surface area (Å²) >= 11 is 6.19. The quantitative estimate of drug-likeness (QED) is 0.896. The molecule has 0 atom stereocenters. The Morgan fingerprint density at radius 2 is 1.83 bits per heavy atom. The lowest BCUT2D eigenvalue weighted by Gasteiger charge is -2.08. The maximum atomic E-state index is 10.9. The molecule has 1 aromatic carbocycles. The number of carboxylic acid groups (broad SMARTS) is 1. The second-order valence-electron chi connectivity index (χ2n) is 4.18. The Balaban J connectivity index is 2.58. The molecule has 92 valence electrons. The van der Waals surface area contributed by atoms with Gasteiger partial charge in [0.2, 0.25) is 0 Å². The monoisotopic (exact) mass is 261 g/mol. The molecule has 18 heavy (non-hydrogen) atoms. The van der Waals surface area contributed by atoms with Gasteiger partial charge in [-0.1, -0.05) is 11.6 Å². The smallest absolute Gasteiger partial charge is 0.337 e. The second-order valence-corrected chi connectivity index (χ2v) is 4.59. The van der Waals surface area contributed by atoms with Crippen LogP contribution < -0.4 is 0 Å². The van der Waals surface area contributed by atoms with Crippen LogP contribution in [0.25, 0.3) is 11.1 Å². The van der Waals surface area contributed by atoms with Crippen molar-refractivity contribution in [3.63, 3.8) is 0 Å². The van der Waals surface area contributed by atoms with Crippen LogP contribution in [0.1, 0.15) is 21.5 Å². The van der Waals surface area contributed by atoms with E-state index in [9.17, 15) is 4.79 Å². The van der Waals surface area contributed by atoms with Crippen LogP contribution in [-0.2, 0) is 0 Å². The molecule has 1 heterocycles. The molecule has 0 aliphatic rings. The SMILES string of the molecule is Cc1cc(Cl)c(-c2cncc(C(=O)O)c2)cc1C. The van der Waals surface area contributed by atoms with E-state index in [1.807, 2.05) is 26.0 Å². The summed E-state index contributed by atoms with van der Waals surface area (Å²) in [4.78, 5) is 14.9. The van der Waals surface area contributed by atoms with Gasteiger partial charge in [-0.2, -0.15) is 0 Å². The Bertz CT molecular complexity index is 623. The molecule has 1 aromatic heterocycles. The van der Waals surface area contributed by atoms with Gasteiger partial charge in [-0.05, 0) is 43.2 Å². The normalized spacial score (nSPS) is 10.4. The van der Waals surface area contributed by atoms with Gasteiger partial charge < -0.3 is 5.11 Å². The fourth-order valence-corrected chi connectivity index (χ4v) is 2.03. The molecule has 2 rings (SSSR count). The van der Waals surface area contributed by atoms with Crippen molar-refractivity contribution >= 4 is 17.6 Å². The van der Waals surface area contributed by atoms with Gasteiger partial charge in [0.15, 0.2) is 0 Å². The number of hydrogen-bond donors (Lipinski definition) is 1. The predicted molar refractivity (Wildman–Crippen MR) is 71.1 cm³/mol. The van der Waals surface area contributed by atoms with Gasteiger partial charge in [-0.3, -0.25) is 4.98 Å². The van der Waals surface area contributed by atoms with E-state index in [4.69, 9.17) is 16.7 Å². The van der Waals surface area contributed by atoms with Crippen LogP contribution in [0.4, 0.5) is 0 Å². The van der Waals surface area contributed by atoms with Gasteiger partial charge in [0, 0.05) is 28.5 Å². The minimum Gasteiger partial charge on any atom is -0.478 e. The van der Waals surface area contributed by atoms with Crippen LogP contribution in [0.15, 0.2) is 30.6 Å². The molecule has 0 spiro atoms. The van der Waals surface area contributed by atoms with Crippen molar-refractivity contribution in [1.82, 2.24) is 4.98 Å². The van der Waals surface area contributed by atoms with Crippen molar-refractivity contribution in [1.29, 1.82) is 0 Å². The Morgan fingerprint density at radius 1 is 1.17 bits per heavy atom. The standard InChI is InChI=1S/C14H12ClNO2/c1-8-3-12(13(15)4-9(8)2)10-5-11(14(17)18)7-16-6-10/h3-7H,1-2H3,(H,17,18). The van der Waals surface area contributed by atoms with E-state index in [1.54, 1.807) is 12.3 Å². The van der Waals surface area contributed by atoms with Crippen molar-refractivity contribution < 1.29 is 9.90 Å². The number of aromatic carboxylic acids is 1. The van der Waals surface area contributed by atoms with Gasteiger partial charge in [-0.15, -0.1) is 0 Å². The zero-order chi connectivity index (χ0) is 13.3. The van der Waals surface area contributed by atoms with Crippen LogP contribution in [0, 0.1) is 13.8 Å². The first-order valence-electron chi connectivity index (χ1n) is 5.44. The summed E-state index contributed by atoms with van der Waals surface area (Å²) < 4.78 is 0. The van der Waals surface area contributed by atoms with E-state index in [-0.39, 0.29) is 5.56 Å². The largest absolute Gasteiger partial charge is 0.478 e. The molecule has 0 aliphatic heterocycles. The van der Waals surface area contributed by atoms with Crippen molar-refractivity contribution in [2.75, 3.05) is 0 Å². The van der Waals surface area contributed by atoms with Gasteiger partial charge in [0.25, 0.3) is 0 Å². The van der Waals surface area contributed by atoms with E-state index >= 15 is 0 Å². The minimum absolute atomic E-state index is 0.154. The first kappa shape index (κ1) is 12.6. The number of benzene rings is 1. The maximum absolute atomic E-state index is 10.9. The summed E-state index contributed by atoms with van der Waals surface area (Å²) in [5.74, 6) is -0.996. The van der Waals surface area contributed by atoms with Gasteiger partial charge in [0.05, 0.1) is 5.56 Å². The third kappa shape index (κ3) is 2.36. The predicted octanol–water partition coefficient (Wildman–Crippen LogP) is 3.72. The molecule has 0 aliphatic carbocycles. The zero-order valence-electron chi connectivity index (χ0n) is 10.1. The van der Waals surface area contributed by atoms with E-state index in [0.717, 1.165) is 16.7 Å². The average Bonchev–Trinajstić information content (AvgIpc) is 2.34. The van der Waals surface area contributed by atoms with Crippen molar-refractivity contribution in [2.45, 2.75) is 13.8 Å². The summed E-state index contributed by atoms with van der Waals surface area (Å²) in [7, 11) is 0. The first-order chi connectivity index (χ1) is 8.49. The van der Waals surface area contributed by atoms with Crippen molar-refractivity contribution in [3.05, 3.63) is 52.3 Å². The number of carboxylic acids is 1. The lowest BCUT2D eigenvalue weighted by atomic mass is 10.0. The first-order valence-corrected chi connectivity index (χ1v) is 5.82. The number of carbonyl (C=O) groups is 1. The van der Waals surface area contributed by atoms with Crippen LogP contribution in [-0.4, -0.2) is 16.1 Å². The zero-order valence-corrected chi connectivity index (χ0v) is 10.8. The van der Waals surface area contributed by atoms with Crippen LogP contribution >= 0.6 is 11.6 Å². The lowest BCUT2D eigenvalue weighted by Crippen LogP contribution is -1.97. The molecule has 0 amide bonds. The molecule has 3 nitrogen and oxygen atoms in total. The highest BCUT2D eigenvalue weighted by Crippen LogP contribution is 2.30. The molecule has 0 saturated carbocycles. The van der Waals surface area contributed by atoms with Gasteiger partial charge in [0.1, 0.15) is 0 Å². The van der Waals surface area contributed by atoms with E-state index in [0.29, 0.717) is 10.6 Å². The highest BCUT2D eigenvalue weighted by molar-refractivity contribution is 6.33. The molecular weight excluding hydrogens is 250 g/mol. The molecule has 0 radical (unpaired) electrons. The molecule has 0 saturated heterocycles. The summed E-state index contributed by atoms with van der Waals surface area (Å²) in [6, 6.07) is 5.39. The third-order valence-corrected chi connectivity index (χ3v) is 3.19. The maximum Gasteiger partial charge on any atom is 0.337 e.